The molecule has 1 aromatic heterocycles. The Morgan fingerprint density at radius 1 is 0.821 bits per heavy atom. The van der Waals surface area contributed by atoms with Gasteiger partial charge in [-0.05, 0) is 169 Å². The van der Waals surface area contributed by atoms with Crippen LogP contribution in [0.3, 0.4) is 0 Å². The number of ether oxygens (including phenoxy) is 1. The molecule has 0 saturated heterocycles. The number of H-pyrrole nitrogens is 1. The van der Waals surface area contributed by atoms with Crippen molar-refractivity contribution in [3.8, 4) is 40.9 Å². The number of aliphatic hydroxyl groups excluding tert-OH is 4. The SMILES string of the molecule is COc1cc2c(cc1O)[C@@H](c1ccccc1)C#C[C@H]1C[C@H]3C[C@@H](C[C@@H]1C(=O)[C@@H](O)C(=O)CC2)[C@H]1CCCCC#C[C@@H]2CCCC[C@]2(c2cc(c[nH]2)[C@H](C)CNC[C@H](O)Cc2ccc4ccc(cc4c2O)NC2=CC(=CCN2)[C@H]3CCCO)[C@@H]1O. The number of carbonyl (C=O) groups excluding carboxylic acids is 2. The van der Waals surface area contributed by atoms with Crippen LogP contribution < -0.4 is 20.7 Å². The van der Waals surface area contributed by atoms with Crippen molar-refractivity contribution in [2.24, 2.45) is 41.4 Å². The fourth-order valence-corrected chi connectivity index (χ4v) is 15.5. The van der Waals surface area contributed by atoms with Crippen molar-refractivity contribution in [1.82, 2.24) is 15.6 Å². The molecule has 13 nitrogen and oxygen atoms in total. The Bertz CT molecular complexity index is 3380. The first-order valence-corrected chi connectivity index (χ1v) is 31.1. The Morgan fingerprint density at radius 3 is 2.49 bits per heavy atom. The van der Waals surface area contributed by atoms with Gasteiger partial charge in [-0.25, -0.2) is 0 Å². The molecule has 11 rings (SSSR count). The Hall–Kier alpha value is -6.84. The highest BCUT2D eigenvalue weighted by molar-refractivity contribution is 6.06. The first kappa shape index (κ1) is 58.9. The van der Waals surface area contributed by atoms with Gasteiger partial charge in [-0.1, -0.05) is 98.6 Å². The number of nitrogens with one attached hydrogen (secondary N) is 4. The summed E-state index contributed by atoms with van der Waals surface area (Å²) in [6.07, 6.45) is 12.2. The number of aliphatic hydroxyl groups is 4. The van der Waals surface area contributed by atoms with Crippen LogP contribution in [0.15, 0.2) is 109 Å². The van der Waals surface area contributed by atoms with Crippen molar-refractivity contribution >= 4 is 28.0 Å². The van der Waals surface area contributed by atoms with Crippen LogP contribution in [0.5, 0.6) is 17.2 Å². The van der Waals surface area contributed by atoms with Gasteiger partial charge in [-0.2, -0.15) is 0 Å². The minimum absolute atomic E-state index is 0.0276. The molecule has 10 N–H and O–H groups in total. The molecule has 84 heavy (non-hydrogen) atoms. The quantitative estimate of drug-likeness (QED) is 0.0588. The Labute approximate surface area is 494 Å². The summed E-state index contributed by atoms with van der Waals surface area (Å²) in [5, 5.41) is 83.7. The van der Waals surface area contributed by atoms with Crippen LogP contribution in [-0.2, 0) is 27.8 Å². The number of phenolic OH excluding ortho intramolecular Hbond substituents is 2. The third-order valence-corrected chi connectivity index (χ3v) is 20.0. The lowest BCUT2D eigenvalue weighted by Gasteiger charge is -2.49. The molecule has 2 fully saturated rings. The van der Waals surface area contributed by atoms with Gasteiger partial charge in [0.15, 0.2) is 29.2 Å². The average Bonchev–Trinajstić information content (AvgIpc) is 4.15. The Morgan fingerprint density at radius 2 is 1.65 bits per heavy atom. The topological polar surface area (TPSA) is 217 Å². The van der Waals surface area contributed by atoms with Crippen LogP contribution in [0, 0.1) is 65.1 Å². The second-order valence-corrected chi connectivity index (χ2v) is 25.1. The molecule has 13 atom stereocenters. The fraction of sp³-hybridized carbons (Fsp3) is 0.493. The number of allylic oxidation sites excluding steroid dienone is 2. The summed E-state index contributed by atoms with van der Waals surface area (Å²) >= 11 is 0. The number of benzene rings is 4. The molecular formula is C71H84N4O9. The molecule has 0 amide bonds. The molecule has 5 aromatic rings. The summed E-state index contributed by atoms with van der Waals surface area (Å²) in [5.74, 6) is 11.7. The van der Waals surface area contributed by atoms with Gasteiger partial charge in [0.1, 0.15) is 11.6 Å². The zero-order valence-electron chi connectivity index (χ0n) is 48.7. The minimum Gasteiger partial charge on any atom is -0.507 e. The highest BCUT2D eigenvalue weighted by atomic mass is 16.5. The summed E-state index contributed by atoms with van der Waals surface area (Å²) in [4.78, 5) is 33.8. The van der Waals surface area contributed by atoms with Crippen LogP contribution in [0.2, 0.25) is 0 Å². The Balaban J connectivity index is 1.10. The molecule has 13 heteroatoms. The van der Waals surface area contributed by atoms with Crippen LogP contribution in [0.1, 0.15) is 142 Å². The van der Waals surface area contributed by atoms with Gasteiger partial charge in [0, 0.05) is 86.2 Å². The summed E-state index contributed by atoms with van der Waals surface area (Å²) in [6.45, 7) is 3.55. The van der Waals surface area contributed by atoms with E-state index < -0.39 is 53.0 Å². The number of carbonyl (C=O) groups is 2. The number of aromatic hydroxyl groups is 2. The van der Waals surface area contributed by atoms with Crippen LogP contribution in [0.4, 0.5) is 5.69 Å². The van der Waals surface area contributed by atoms with Crippen LogP contribution in [-0.4, -0.2) is 98.9 Å². The van der Waals surface area contributed by atoms with E-state index in [1.807, 2.05) is 60.7 Å². The molecule has 0 unspecified atom stereocenters. The van der Waals surface area contributed by atoms with Crippen molar-refractivity contribution in [3.05, 3.63) is 142 Å². The number of aryl methyl sites for hydroxylation is 1. The van der Waals surface area contributed by atoms with Crippen LogP contribution >= 0.6 is 0 Å². The number of rotatable bonds is 5. The van der Waals surface area contributed by atoms with Gasteiger partial charge in [-0.3, -0.25) is 9.59 Å². The number of hydrogen-bond donors (Lipinski definition) is 10. The number of fused-ring (bicyclic) bond motifs is 11. The molecule has 2 aliphatic heterocycles. The zero-order valence-corrected chi connectivity index (χ0v) is 48.7. The van der Waals surface area contributed by atoms with Crippen molar-refractivity contribution in [3.63, 3.8) is 0 Å². The summed E-state index contributed by atoms with van der Waals surface area (Å²) < 4.78 is 5.58. The average molecular weight is 1140 g/mol. The first-order valence-electron chi connectivity index (χ1n) is 31.1. The van der Waals surface area contributed by atoms with E-state index in [1.54, 1.807) is 12.1 Å². The second kappa shape index (κ2) is 26.2. The van der Waals surface area contributed by atoms with E-state index in [2.05, 4.69) is 76.0 Å². The standard InChI is InChI=1S/C71H84N4O9/c1-43-40-72-42-55(77)33-49-20-19-45-21-24-54(38-61(45)67(49)80)75-66-37-48(27-29-73-66)56(18-12-30-76)50-31-46-22-25-57(44-13-6-5-7-14-44)59-39-63(79)64(84-2)35-47(59)23-26-62(78)69(82)68(81)60(46)34-51(32-50)58-17-9-4-3-8-15-53-16-10-11-28-71(53,70(58)83)65-36-52(43)41-74-65/h5-7,13-14,19-21,24,27,35-39,41,43,46,50-51,53,55-58,60,69-70,72-77,79-80,82-83H,3-4,9-12,16-18,23,26,28-34,40,42H2,1-2H3/t43-,46+,50+,51+,53-,55-,56-,57-,58-,60+,69+,70-,71+/m1/s1. The minimum atomic E-state index is -1.90. The molecule has 0 radical (unpaired) electrons. The first-order chi connectivity index (χ1) is 40.8. The second-order valence-electron chi connectivity index (χ2n) is 25.1. The number of aromatic amines is 1. The molecule has 11 bridgehead atoms. The lowest BCUT2D eigenvalue weighted by atomic mass is 9.56. The Kier molecular flexibility index (Phi) is 18.4. The van der Waals surface area contributed by atoms with E-state index >= 15 is 4.79 Å². The van der Waals surface area contributed by atoms with E-state index in [9.17, 15) is 35.4 Å². The van der Waals surface area contributed by atoms with Gasteiger partial charge >= 0.3 is 0 Å². The predicted octanol–water partition coefficient (Wildman–Crippen LogP) is 9.98. The molecule has 2 saturated carbocycles. The van der Waals surface area contributed by atoms with E-state index in [0.717, 1.165) is 83.4 Å². The number of methoxy groups -OCH3 is 1. The maximum Gasteiger partial charge on any atom is 0.173 e. The maximum atomic E-state index is 15.6. The summed E-state index contributed by atoms with van der Waals surface area (Å²) in [7, 11) is 1.48. The largest absolute Gasteiger partial charge is 0.507 e. The van der Waals surface area contributed by atoms with E-state index in [1.165, 1.54) is 7.11 Å². The molecule has 442 valence electrons. The number of β-amino-alcohol motifs (C(OH)–C–C–N with tert-alkyl or cyclic N) is 1. The molecule has 3 heterocycles. The maximum absolute atomic E-state index is 15.6. The lowest BCUT2D eigenvalue weighted by molar-refractivity contribution is -0.142. The number of Topliss-reactive ketones (excluding diaryl/α,β-unsaturated/α-hetero) is 2. The normalized spacial score (nSPS) is 30.5. The van der Waals surface area contributed by atoms with Crippen LogP contribution in [0.25, 0.3) is 10.8 Å². The smallest absolute Gasteiger partial charge is 0.173 e. The fourth-order valence-electron chi connectivity index (χ4n) is 15.5. The number of aromatic nitrogens is 1. The van der Waals surface area contributed by atoms with Crippen molar-refractivity contribution in [2.75, 3.05) is 38.7 Å². The van der Waals surface area contributed by atoms with E-state index in [-0.39, 0.29) is 78.6 Å². The summed E-state index contributed by atoms with van der Waals surface area (Å²) in [5.41, 5.74) is 6.06. The van der Waals surface area contributed by atoms with Gasteiger partial charge in [-0.15, -0.1) is 5.92 Å². The van der Waals surface area contributed by atoms with Crippen molar-refractivity contribution in [1.29, 1.82) is 0 Å². The molecule has 1 spiro atoms. The zero-order chi connectivity index (χ0) is 58.5. The molecule has 4 aliphatic carbocycles. The van der Waals surface area contributed by atoms with Gasteiger partial charge in [0.2, 0.25) is 0 Å². The third-order valence-electron chi connectivity index (χ3n) is 20.0. The molecule has 4 aromatic carbocycles. The monoisotopic (exact) mass is 1140 g/mol. The van der Waals surface area contributed by atoms with Crippen molar-refractivity contribution < 1.29 is 45.0 Å². The van der Waals surface area contributed by atoms with Crippen molar-refractivity contribution in [2.45, 2.75) is 145 Å². The number of dihydropyridines is 1. The van der Waals surface area contributed by atoms with Gasteiger partial charge in [0.25, 0.3) is 0 Å². The van der Waals surface area contributed by atoms with E-state index in [0.29, 0.717) is 81.1 Å². The number of anilines is 1. The number of hydrogen-bond acceptors (Lipinski definition) is 12. The predicted molar refractivity (Wildman–Crippen MR) is 327 cm³/mol. The van der Waals surface area contributed by atoms with Gasteiger partial charge < -0.3 is 56.3 Å². The molecule has 6 aliphatic rings. The highest BCUT2D eigenvalue weighted by Gasteiger charge is 2.54. The van der Waals surface area contributed by atoms with Gasteiger partial charge in [0.05, 0.1) is 30.7 Å². The van der Waals surface area contributed by atoms with E-state index in [4.69, 9.17) is 4.74 Å². The number of phenols is 2. The lowest BCUT2D eigenvalue weighted by Crippen LogP contribution is -2.53. The third kappa shape index (κ3) is 12.3. The number of ketones is 2. The highest BCUT2D eigenvalue weighted by Crippen LogP contribution is 2.54. The summed E-state index contributed by atoms with van der Waals surface area (Å²) in [6, 6.07) is 25.3. The molecular weight excluding hydrogens is 1050 g/mol.